The van der Waals surface area contributed by atoms with Gasteiger partial charge in [0.2, 0.25) is 0 Å². The van der Waals surface area contributed by atoms with Crippen molar-refractivity contribution in [2.24, 2.45) is 17.6 Å². The number of fused-ring (bicyclic) bond motifs is 7. The number of hydrazine groups is 1. The Balaban J connectivity index is 1.60. The van der Waals surface area contributed by atoms with Crippen molar-refractivity contribution in [3.05, 3.63) is 0 Å². The molecule has 7 unspecified atom stereocenters. The van der Waals surface area contributed by atoms with Gasteiger partial charge in [-0.1, -0.05) is 19.3 Å². The van der Waals surface area contributed by atoms with E-state index in [1.807, 2.05) is 4.90 Å². The van der Waals surface area contributed by atoms with Gasteiger partial charge in [0.15, 0.2) is 0 Å². The average molecular weight is 422 g/mol. The molecule has 0 saturated carbocycles. The zero-order chi connectivity index (χ0) is 20.6. The number of piperidine rings is 1. The fourth-order valence-corrected chi connectivity index (χ4v) is 5.59. The molecule has 8 atom stereocenters. The third-order valence-corrected chi connectivity index (χ3v) is 7.19. The summed E-state index contributed by atoms with van der Waals surface area (Å²) in [6, 6.07) is -0.954. The van der Waals surface area contributed by atoms with Crippen LogP contribution in [0.3, 0.4) is 0 Å². The maximum absolute atomic E-state index is 13.9. The first kappa shape index (κ1) is 21.7. The lowest BCUT2D eigenvalue weighted by Gasteiger charge is -2.48. The Kier molecular flexibility index (Phi) is 6.70. The average Bonchev–Trinajstić information content (AvgIpc) is 3.33. The van der Waals surface area contributed by atoms with E-state index in [1.165, 1.54) is 0 Å². The monoisotopic (exact) mass is 421 g/mol. The summed E-state index contributed by atoms with van der Waals surface area (Å²) in [6.07, 6.45) is 0.501. The van der Waals surface area contributed by atoms with Gasteiger partial charge in [-0.05, 0) is 38.6 Å². The zero-order valence-electron chi connectivity index (χ0n) is 16.7. The van der Waals surface area contributed by atoms with Crippen LogP contribution in [0.5, 0.6) is 0 Å². The molecule has 29 heavy (non-hydrogen) atoms. The molecule has 0 aromatic rings. The third kappa shape index (κ3) is 4.58. The number of hydrogen-bond donors (Lipinski definition) is 5. The summed E-state index contributed by atoms with van der Waals surface area (Å²) in [4.78, 5) is 2.04. The number of nitrogens with zero attached hydrogens (tertiary/aromatic N) is 1. The molecule has 0 aromatic carbocycles. The second-order valence-electron chi connectivity index (χ2n) is 9.07. The summed E-state index contributed by atoms with van der Waals surface area (Å²) < 4.78 is 47.8. The number of ether oxygens (including phenoxy) is 1. The highest BCUT2D eigenvalue weighted by Crippen LogP contribution is 2.40. The minimum atomic E-state index is -4.30. The van der Waals surface area contributed by atoms with Crippen LogP contribution >= 0.6 is 0 Å². The van der Waals surface area contributed by atoms with Crippen LogP contribution in [0, 0.1) is 11.8 Å². The van der Waals surface area contributed by atoms with Crippen molar-refractivity contribution in [1.82, 2.24) is 21.1 Å². The summed E-state index contributed by atoms with van der Waals surface area (Å²) in [7, 11) is 0. The Morgan fingerprint density at radius 1 is 1.03 bits per heavy atom. The van der Waals surface area contributed by atoms with Crippen molar-refractivity contribution in [1.29, 1.82) is 0 Å². The van der Waals surface area contributed by atoms with Crippen LogP contribution in [0.2, 0.25) is 0 Å². The van der Waals surface area contributed by atoms with Gasteiger partial charge in [-0.2, -0.15) is 13.2 Å². The third-order valence-electron chi connectivity index (χ3n) is 7.19. The van der Waals surface area contributed by atoms with E-state index in [-0.39, 0.29) is 31.2 Å². The van der Waals surface area contributed by atoms with Gasteiger partial charge in [0.1, 0.15) is 12.5 Å². The number of nitrogens with two attached hydrogens (primary N) is 1. The van der Waals surface area contributed by atoms with Gasteiger partial charge >= 0.3 is 6.18 Å². The highest BCUT2D eigenvalue weighted by atomic mass is 19.4. The van der Waals surface area contributed by atoms with Gasteiger partial charge in [-0.15, -0.1) is 0 Å². The maximum Gasteiger partial charge on any atom is 0.394 e. The van der Waals surface area contributed by atoms with E-state index in [9.17, 15) is 18.3 Å². The van der Waals surface area contributed by atoms with E-state index < -0.39 is 36.6 Å². The fraction of sp³-hybridized carbons (Fsp3) is 1.00. The lowest BCUT2D eigenvalue weighted by atomic mass is 9.85. The van der Waals surface area contributed by atoms with Crippen LogP contribution in [0.15, 0.2) is 0 Å². The minimum absolute atomic E-state index is 0.00535. The number of nitrogens with one attached hydrogen (secondary N) is 3. The molecule has 4 bridgehead atoms. The predicted molar refractivity (Wildman–Crippen MR) is 101 cm³/mol. The molecule has 4 aliphatic rings. The highest BCUT2D eigenvalue weighted by molar-refractivity contribution is 5.02. The molecule has 10 heteroatoms. The van der Waals surface area contributed by atoms with Crippen molar-refractivity contribution in [2.45, 2.75) is 94.3 Å². The van der Waals surface area contributed by atoms with Crippen LogP contribution in [-0.4, -0.2) is 66.1 Å². The Labute approximate surface area is 169 Å². The summed E-state index contributed by atoms with van der Waals surface area (Å²) in [5.74, 6) is -1.55. The number of aliphatic hydroxyl groups is 1. The smallest absolute Gasteiger partial charge is 0.394 e. The molecular weight excluding hydrogens is 387 g/mol. The number of halogens is 3. The molecule has 6 N–H and O–H groups in total. The maximum atomic E-state index is 13.9. The standard InChI is InChI=1S/C19H34F3N5O2/c20-19(21,22)13-9-14(23)15-18-26-25-17(29-18)11(10-28)5-2-1-3-6-12-7-4-8-27(12)16(13)24-15/h11-18,24-26,28H,1-10,23H2/t11?,12-,13?,14?,15?,16?,17?,18?/m1/s1. The van der Waals surface area contributed by atoms with E-state index >= 15 is 0 Å². The van der Waals surface area contributed by atoms with Crippen LogP contribution in [-0.2, 0) is 4.74 Å². The predicted octanol–water partition coefficient (Wildman–Crippen LogP) is 0.994. The van der Waals surface area contributed by atoms with E-state index in [0.29, 0.717) is 6.54 Å². The molecule has 4 aliphatic heterocycles. The van der Waals surface area contributed by atoms with Crippen LogP contribution < -0.4 is 21.9 Å². The summed E-state index contributed by atoms with van der Waals surface area (Å²) >= 11 is 0. The Morgan fingerprint density at radius 3 is 2.52 bits per heavy atom. The summed E-state index contributed by atoms with van der Waals surface area (Å²) in [5.41, 5.74) is 12.4. The topological polar surface area (TPSA) is 94.8 Å². The summed E-state index contributed by atoms with van der Waals surface area (Å²) in [5, 5.41) is 13.0. The van der Waals surface area contributed by atoms with Crippen molar-refractivity contribution < 1.29 is 23.0 Å². The molecule has 168 valence electrons. The largest absolute Gasteiger partial charge is 0.396 e. The normalized spacial score (nSPS) is 45.0. The lowest BCUT2D eigenvalue weighted by Crippen LogP contribution is -2.70. The summed E-state index contributed by atoms with van der Waals surface area (Å²) in [6.45, 7) is 0.689. The van der Waals surface area contributed by atoms with Crippen molar-refractivity contribution >= 4 is 0 Å². The minimum Gasteiger partial charge on any atom is -0.396 e. The lowest BCUT2D eigenvalue weighted by molar-refractivity contribution is -0.211. The van der Waals surface area contributed by atoms with E-state index in [4.69, 9.17) is 10.5 Å². The van der Waals surface area contributed by atoms with Crippen molar-refractivity contribution in [3.8, 4) is 0 Å². The van der Waals surface area contributed by atoms with Crippen LogP contribution in [0.4, 0.5) is 13.2 Å². The molecule has 4 heterocycles. The SMILES string of the molecule is NC1CC(C(F)(F)F)C2NC1C1NNC(O1)C(CO)CCCCC[C@@H]1CCCN21. The van der Waals surface area contributed by atoms with Gasteiger partial charge in [0.05, 0.1) is 18.1 Å². The molecule has 0 aliphatic carbocycles. The van der Waals surface area contributed by atoms with E-state index in [1.54, 1.807) is 0 Å². The van der Waals surface area contributed by atoms with Gasteiger partial charge in [0.25, 0.3) is 0 Å². The molecular formula is C19H34F3N5O2. The van der Waals surface area contributed by atoms with Crippen molar-refractivity contribution in [3.63, 3.8) is 0 Å². The Morgan fingerprint density at radius 2 is 1.76 bits per heavy atom. The highest BCUT2D eigenvalue weighted by Gasteiger charge is 2.54. The molecule has 0 amide bonds. The van der Waals surface area contributed by atoms with Gasteiger partial charge in [-0.25, -0.2) is 10.9 Å². The van der Waals surface area contributed by atoms with Crippen LogP contribution in [0.1, 0.15) is 51.4 Å². The number of aliphatic hydroxyl groups excluding tert-OH is 1. The molecule has 7 nitrogen and oxygen atoms in total. The zero-order valence-corrected chi connectivity index (χ0v) is 16.7. The molecule has 0 radical (unpaired) electrons. The molecule has 0 spiro atoms. The number of hydrogen-bond acceptors (Lipinski definition) is 7. The van der Waals surface area contributed by atoms with Crippen LogP contribution in [0.25, 0.3) is 0 Å². The van der Waals surface area contributed by atoms with E-state index in [2.05, 4.69) is 16.2 Å². The fourth-order valence-electron chi connectivity index (χ4n) is 5.59. The second kappa shape index (κ2) is 8.94. The molecule has 4 saturated heterocycles. The van der Waals surface area contributed by atoms with E-state index in [0.717, 1.165) is 44.9 Å². The quantitative estimate of drug-likeness (QED) is 0.431. The van der Waals surface area contributed by atoms with Gasteiger partial charge < -0.3 is 15.6 Å². The molecule has 4 fully saturated rings. The van der Waals surface area contributed by atoms with Gasteiger partial charge in [0, 0.05) is 24.6 Å². The first-order chi connectivity index (χ1) is 13.9. The first-order valence-electron chi connectivity index (χ1n) is 11.0. The number of alkyl halides is 3. The Bertz CT molecular complexity index is 554. The van der Waals surface area contributed by atoms with Crippen molar-refractivity contribution in [2.75, 3.05) is 13.2 Å². The molecule has 0 aromatic heterocycles. The molecule has 4 rings (SSSR count). The second-order valence-corrected chi connectivity index (χ2v) is 9.07. The van der Waals surface area contributed by atoms with Gasteiger partial charge in [-0.3, -0.25) is 10.2 Å². The number of rotatable bonds is 1. The Hall–Kier alpha value is -0.490. The first-order valence-corrected chi connectivity index (χ1v) is 11.0.